The van der Waals surface area contributed by atoms with Crippen LogP contribution in [0.4, 0.5) is 0 Å². The maximum absolute atomic E-state index is 12.1. The molecule has 0 unspecified atom stereocenters. The highest BCUT2D eigenvalue weighted by Gasteiger charge is 2.29. The molecule has 0 saturated carbocycles. The van der Waals surface area contributed by atoms with Crippen molar-refractivity contribution in [2.45, 2.75) is 31.8 Å². The summed E-state index contributed by atoms with van der Waals surface area (Å²) in [7, 11) is 0. The number of carbonyl (C=O) groups excluding carboxylic acids is 1. The van der Waals surface area contributed by atoms with Gasteiger partial charge < -0.3 is 10.0 Å². The minimum atomic E-state index is -0.614. The Labute approximate surface area is 112 Å². The molecule has 4 heteroatoms. The number of amides is 1. The molecule has 1 aliphatic heterocycles. The van der Waals surface area contributed by atoms with Gasteiger partial charge in [-0.25, -0.2) is 0 Å². The fourth-order valence-corrected chi connectivity index (χ4v) is 2.25. The number of hydrogen-bond donors (Lipinski definition) is 1. The topological polar surface area (TPSA) is 40.5 Å². The van der Waals surface area contributed by atoms with Gasteiger partial charge in [0, 0.05) is 18.1 Å². The molecule has 0 aliphatic carbocycles. The van der Waals surface area contributed by atoms with Gasteiger partial charge in [0.25, 0.3) is 0 Å². The van der Waals surface area contributed by atoms with Crippen molar-refractivity contribution in [3.63, 3.8) is 0 Å². The number of rotatable bonds is 2. The van der Waals surface area contributed by atoms with Gasteiger partial charge in [0.15, 0.2) is 0 Å². The zero-order valence-corrected chi connectivity index (χ0v) is 11.3. The molecule has 0 spiro atoms. The summed E-state index contributed by atoms with van der Waals surface area (Å²) in [6, 6.07) is 7.34. The Bertz CT molecular complexity index is 418. The number of benzene rings is 1. The first-order valence-corrected chi connectivity index (χ1v) is 6.59. The number of hydrogen-bond acceptors (Lipinski definition) is 2. The van der Waals surface area contributed by atoms with Crippen LogP contribution >= 0.6 is 11.6 Å². The third-order valence-electron chi connectivity index (χ3n) is 3.46. The van der Waals surface area contributed by atoms with Crippen LogP contribution in [0.2, 0.25) is 5.02 Å². The first-order valence-electron chi connectivity index (χ1n) is 6.21. The highest BCUT2D eigenvalue weighted by atomic mass is 35.5. The van der Waals surface area contributed by atoms with Crippen molar-refractivity contribution in [1.82, 2.24) is 4.90 Å². The van der Waals surface area contributed by atoms with Gasteiger partial charge in [0.05, 0.1) is 12.0 Å². The zero-order valence-electron chi connectivity index (χ0n) is 10.5. The third kappa shape index (κ3) is 3.47. The number of likely N-dealkylation sites (tertiary alicyclic amines) is 1. The van der Waals surface area contributed by atoms with E-state index in [0.29, 0.717) is 37.4 Å². The minimum absolute atomic E-state index is 0.118. The van der Waals surface area contributed by atoms with Crippen LogP contribution in [-0.2, 0) is 11.2 Å². The van der Waals surface area contributed by atoms with Gasteiger partial charge in [-0.05, 0) is 37.5 Å². The van der Waals surface area contributed by atoms with Gasteiger partial charge in [-0.15, -0.1) is 0 Å². The number of piperidine rings is 1. The summed E-state index contributed by atoms with van der Waals surface area (Å²) >= 11 is 5.81. The maximum Gasteiger partial charge on any atom is 0.226 e. The molecule has 0 atom stereocenters. The van der Waals surface area contributed by atoms with Crippen LogP contribution in [0.1, 0.15) is 25.3 Å². The standard InChI is InChI=1S/C14H18ClNO2/c1-14(18)6-8-16(9-7-14)13(17)10-11-2-4-12(15)5-3-11/h2-5,18H,6-10H2,1H3. The van der Waals surface area contributed by atoms with Crippen molar-refractivity contribution in [1.29, 1.82) is 0 Å². The molecule has 3 nitrogen and oxygen atoms in total. The Morgan fingerprint density at radius 3 is 2.44 bits per heavy atom. The fraction of sp³-hybridized carbons (Fsp3) is 0.500. The Balaban J connectivity index is 1.91. The highest BCUT2D eigenvalue weighted by Crippen LogP contribution is 2.21. The van der Waals surface area contributed by atoms with Crippen LogP contribution in [0, 0.1) is 0 Å². The molecule has 18 heavy (non-hydrogen) atoms. The molecule has 2 rings (SSSR count). The first-order chi connectivity index (χ1) is 8.46. The molecule has 1 saturated heterocycles. The van der Waals surface area contributed by atoms with Crippen molar-refractivity contribution in [2.24, 2.45) is 0 Å². The zero-order chi connectivity index (χ0) is 13.2. The normalized spacial score (nSPS) is 18.7. The van der Waals surface area contributed by atoms with Gasteiger partial charge in [0.1, 0.15) is 0 Å². The molecule has 0 bridgehead atoms. The average molecular weight is 268 g/mol. The quantitative estimate of drug-likeness (QED) is 0.893. The molecule has 1 aromatic carbocycles. The second kappa shape index (κ2) is 5.29. The lowest BCUT2D eigenvalue weighted by atomic mass is 9.93. The fourth-order valence-electron chi connectivity index (χ4n) is 2.13. The summed E-state index contributed by atoms with van der Waals surface area (Å²) in [5, 5.41) is 10.5. The average Bonchev–Trinajstić information content (AvgIpc) is 2.32. The first kappa shape index (κ1) is 13.4. The monoisotopic (exact) mass is 267 g/mol. The molecule has 98 valence electrons. The molecular weight excluding hydrogens is 250 g/mol. The SMILES string of the molecule is CC1(O)CCN(C(=O)Cc2ccc(Cl)cc2)CC1. The molecule has 1 heterocycles. The summed E-state index contributed by atoms with van der Waals surface area (Å²) in [4.78, 5) is 13.9. The summed E-state index contributed by atoms with van der Waals surface area (Å²) < 4.78 is 0. The second-order valence-corrected chi connectivity index (χ2v) is 5.62. The van der Waals surface area contributed by atoms with E-state index in [1.54, 1.807) is 12.1 Å². The molecule has 0 radical (unpaired) electrons. The number of halogens is 1. The van der Waals surface area contributed by atoms with Gasteiger partial charge in [-0.2, -0.15) is 0 Å². The predicted octanol–water partition coefficient (Wildman–Crippen LogP) is 2.26. The summed E-state index contributed by atoms with van der Waals surface area (Å²) in [6.07, 6.45) is 1.71. The van der Waals surface area contributed by atoms with Crippen LogP contribution in [-0.4, -0.2) is 34.6 Å². The van der Waals surface area contributed by atoms with Crippen molar-refractivity contribution < 1.29 is 9.90 Å². The van der Waals surface area contributed by atoms with Crippen molar-refractivity contribution in [3.05, 3.63) is 34.9 Å². The van der Waals surface area contributed by atoms with E-state index < -0.39 is 5.60 Å². The Kier molecular flexibility index (Phi) is 3.93. The van der Waals surface area contributed by atoms with E-state index >= 15 is 0 Å². The number of nitrogens with zero attached hydrogens (tertiary/aromatic N) is 1. The Morgan fingerprint density at radius 2 is 1.89 bits per heavy atom. The summed E-state index contributed by atoms with van der Waals surface area (Å²) in [5.41, 5.74) is 0.360. The van der Waals surface area contributed by atoms with Crippen molar-refractivity contribution >= 4 is 17.5 Å². The smallest absolute Gasteiger partial charge is 0.226 e. The van der Waals surface area contributed by atoms with Crippen LogP contribution in [0.3, 0.4) is 0 Å². The molecule has 1 aromatic rings. The summed E-state index contributed by atoms with van der Waals surface area (Å²) in [5.74, 6) is 0.118. The third-order valence-corrected chi connectivity index (χ3v) is 3.71. The van der Waals surface area contributed by atoms with Crippen molar-refractivity contribution in [3.8, 4) is 0 Å². The molecule has 1 aliphatic rings. The lowest BCUT2D eigenvalue weighted by molar-refractivity contribution is -0.134. The molecule has 1 N–H and O–H groups in total. The predicted molar refractivity (Wildman–Crippen MR) is 71.6 cm³/mol. The van der Waals surface area contributed by atoms with Gasteiger partial charge in [0.2, 0.25) is 5.91 Å². The van der Waals surface area contributed by atoms with Gasteiger partial charge >= 0.3 is 0 Å². The molecule has 1 fully saturated rings. The van der Waals surface area contributed by atoms with E-state index in [1.807, 2.05) is 24.0 Å². The van der Waals surface area contributed by atoms with Crippen LogP contribution in [0.5, 0.6) is 0 Å². The number of aliphatic hydroxyl groups is 1. The van der Waals surface area contributed by atoms with Crippen LogP contribution in [0.15, 0.2) is 24.3 Å². The highest BCUT2D eigenvalue weighted by molar-refractivity contribution is 6.30. The minimum Gasteiger partial charge on any atom is -0.390 e. The molecule has 0 aromatic heterocycles. The van der Waals surface area contributed by atoms with Gasteiger partial charge in [-0.3, -0.25) is 4.79 Å². The van der Waals surface area contributed by atoms with E-state index in [-0.39, 0.29) is 5.91 Å². The Hall–Kier alpha value is -1.06. The van der Waals surface area contributed by atoms with E-state index in [2.05, 4.69) is 0 Å². The summed E-state index contributed by atoms with van der Waals surface area (Å²) in [6.45, 7) is 3.10. The van der Waals surface area contributed by atoms with E-state index in [9.17, 15) is 9.90 Å². The second-order valence-electron chi connectivity index (χ2n) is 5.18. The van der Waals surface area contributed by atoms with Gasteiger partial charge in [-0.1, -0.05) is 23.7 Å². The lowest BCUT2D eigenvalue weighted by Gasteiger charge is -2.35. The largest absolute Gasteiger partial charge is 0.390 e. The van der Waals surface area contributed by atoms with E-state index in [4.69, 9.17) is 11.6 Å². The van der Waals surface area contributed by atoms with Crippen LogP contribution in [0.25, 0.3) is 0 Å². The van der Waals surface area contributed by atoms with E-state index in [0.717, 1.165) is 5.56 Å². The lowest BCUT2D eigenvalue weighted by Crippen LogP contribution is -2.45. The Morgan fingerprint density at radius 1 is 1.33 bits per heavy atom. The number of carbonyl (C=O) groups is 1. The maximum atomic E-state index is 12.1. The molecule has 1 amide bonds. The van der Waals surface area contributed by atoms with E-state index in [1.165, 1.54) is 0 Å². The molecular formula is C14H18ClNO2. The van der Waals surface area contributed by atoms with Crippen LogP contribution < -0.4 is 0 Å². The van der Waals surface area contributed by atoms with Crippen molar-refractivity contribution in [2.75, 3.05) is 13.1 Å².